The fourth-order valence-electron chi connectivity index (χ4n) is 2.00. The summed E-state index contributed by atoms with van der Waals surface area (Å²) < 4.78 is 15.9. The van der Waals surface area contributed by atoms with Crippen molar-refractivity contribution in [3.8, 4) is 0 Å². The molecule has 0 saturated heterocycles. The number of nitrogens with zero attached hydrogens (tertiary/aromatic N) is 3. The molecule has 3 rings (SSSR count). The topological polar surface area (TPSA) is 54.2 Å². The summed E-state index contributed by atoms with van der Waals surface area (Å²) in [4.78, 5) is 8.82. The SMILES string of the molecule is CCNc1cn2ccnc2c(Nc2ccc(F)cc2I)n1. The number of hydrogen-bond donors (Lipinski definition) is 2. The molecule has 7 heteroatoms. The minimum absolute atomic E-state index is 0.259. The molecule has 2 N–H and O–H groups in total. The van der Waals surface area contributed by atoms with Gasteiger partial charge in [-0.3, -0.25) is 0 Å². The van der Waals surface area contributed by atoms with Gasteiger partial charge < -0.3 is 15.0 Å². The zero-order valence-corrected chi connectivity index (χ0v) is 13.4. The highest BCUT2D eigenvalue weighted by molar-refractivity contribution is 14.1. The lowest BCUT2D eigenvalue weighted by atomic mass is 10.3. The molecule has 0 aliphatic carbocycles. The molecule has 2 heterocycles. The molecule has 0 radical (unpaired) electrons. The average molecular weight is 397 g/mol. The van der Waals surface area contributed by atoms with E-state index in [2.05, 4.69) is 43.2 Å². The Morgan fingerprint density at radius 1 is 1.38 bits per heavy atom. The second kappa shape index (κ2) is 5.84. The normalized spacial score (nSPS) is 10.8. The van der Waals surface area contributed by atoms with Crippen molar-refractivity contribution >= 4 is 45.6 Å². The van der Waals surface area contributed by atoms with Crippen LogP contribution in [0.3, 0.4) is 0 Å². The summed E-state index contributed by atoms with van der Waals surface area (Å²) in [6.07, 6.45) is 5.46. The van der Waals surface area contributed by atoms with E-state index in [9.17, 15) is 4.39 Å². The van der Waals surface area contributed by atoms with Crippen LogP contribution in [0.5, 0.6) is 0 Å². The summed E-state index contributed by atoms with van der Waals surface area (Å²) in [6, 6.07) is 4.58. The molecular weight excluding hydrogens is 384 g/mol. The van der Waals surface area contributed by atoms with Gasteiger partial charge in [-0.05, 0) is 47.7 Å². The highest BCUT2D eigenvalue weighted by atomic mass is 127. The fraction of sp³-hybridized carbons (Fsp3) is 0.143. The largest absolute Gasteiger partial charge is 0.369 e. The Labute approximate surface area is 134 Å². The van der Waals surface area contributed by atoms with Crippen LogP contribution in [0, 0.1) is 9.39 Å². The summed E-state index contributed by atoms with van der Waals surface area (Å²) in [7, 11) is 0. The molecule has 0 aliphatic rings. The molecule has 0 bridgehead atoms. The Balaban J connectivity index is 2.04. The number of benzene rings is 1. The Morgan fingerprint density at radius 3 is 3.00 bits per heavy atom. The lowest BCUT2D eigenvalue weighted by Gasteiger charge is -2.11. The van der Waals surface area contributed by atoms with Gasteiger partial charge in [0, 0.05) is 22.5 Å². The van der Waals surface area contributed by atoms with Gasteiger partial charge in [-0.1, -0.05) is 0 Å². The maximum Gasteiger partial charge on any atom is 0.180 e. The number of imidazole rings is 1. The number of halogens is 2. The molecule has 1 aromatic carbocycles. The summed E-state index contributed by atoms with van der Waals surface area (Å²) in [6.45, 7) is 2.79. The smallest absolute Gasteiger partial charge is 0.180 e. The van der Waals surface area contributed by atoms with Crippen molar-refractivity contribution in [3.05, 3.63) is 46.2 Å². The minimum atomic E-state index is -0.259. The van der Waals surface area contributed by atoms with Crippen LogP contribution >= 0.6 is 22.6 Å². The number of anilines is 3. The quantitative estimate of drug-likeness (QED) is 0.661. The van der Waals surface area contributed by atoms with Crippen LogP contribution in [0.4, 0.5) is 21.7 Å². The number of fused-ring (bicyclic) bond motifs is 1. The monoisotopic (exact) mass is 397 g/mol. The summed E-state index contributed by atoms with van der Waals surface area (Å²) in [5.41, 5.74) is 1.51. The Kier molecular flexibility index (Phi) is 3.91. The standard InChI is InChI=1S/C14H13FIN5/c1-2-17-12-8-21-6-5-18-14(21)13(20-12)19-11-4-3-9(15)7-10(11)16/h3-8,17H,2H2,1H3,(H,19,20). The lowest BCUT2D eigenvalue weighted by Crippen LogP contribution is -2.05. The van der Waals surface area contributed by atoms with Crippen LogP contribution in [-0.4, -0.2) is 20.9 Å². The first-order chi connectivity index (χ1) is 10.2. The molecule has 0 amide bonds. The van der Waals surface area contributed by atoms with Crippen LogP contribution in [0.15, 0.2) is 36.8 Å². The molecular formula is C14H13FIN5. The highest BCUT2D eigenvalue weighted by Crippen LogP contribution is 2.25. The van der Waals surface area contributed by atoms with Gasteiger partial charge in [-0.15, -0.1) is 0 Å². The molecule has 0 saturated carbocycles. The minimum Gasteiger partial charge on any atom is -0.369 e. The maximum atomic E-state index is 13.2. The predicted molar refractivity (Wildman–Crippen MR) is 89.6 cm³/mol. The third kappa shape index (κ3) is 2.92. The van der Waals surface area contributed by atoms with Gasteiger partial charge in [0.05, 0.1) is 11.9 Å². The molecule has 0 spiro atoms. The van der Waals surface area contributed by atoms with Crippen molar-refractivity contribution in [2.75, 3.05) is 17.2 Å². The van der Waals surface area contributed by atoms with Crippen LogP contribution in [0.25, 0.3) is 5.65 Å². The van der Waals surface area contributed by atoms with Gasteiger partial charge in [0.25, 0.3) is 0 Å². The molecule has 2 aromatic heterocycles. The number of hydrogen-bond acceptors (Lipinski definition) is 4. The van der Waals surface area contributed by atoms with Gasteiger partial charge in [0.1, 0.15) is 11.6 Å². The second-order valence-electron chi connectivity index (χ2n) is 4.41. The van der Waals surface area contributed by atoms with Crippen molar-refractivity contribution < 1.29 is 4.39 Å². The van der Waals surface area contributed by atoms with Crippen molar-refractivity contribution in [1.82, 2.24) is 14.4 Å². The third-order valence-electron chi connectivity index (χ3n) is 2.92. The van der Waals surface area contributed by atoms with Gasteiger partial charge in [0.15, 0.2) is 11.5 Å². The van der Waals surface area contributed by atoms with Crippen molar-refractivity contribution in [2.45, 2.75) is 6.92 Å². The third-order valence-corrected chi connectivity index (χ3v) is 3.81. The van der Waals surface area contributed by atoms with Gasteiger partial charge in [-0.25, -0.2) is 14.4 Å². The molecule has 0 fully saturated rings. The van der Waals surface area contributed by atoms with Crippen molar-refractivity contribution in [2.24, 2.45) is 0 Å². The molecule has 3 aromatic rings. The van der Waals surface area contributed by atoms with Gasteiger partial charge >= 0.3 is 0 Å². The van der Waals surface area contributed by atoms with Crippen LogP contribution in [0.1, 0.15) is 6.92 Å². The zero-order valence-electron chi connectivity index (χ0n) is 11.3. The van der Waals surface area contributed by atoms with E-state index in [0.29, 0.717) is 5.82 Å². The van der Waals surface area contributed by atoms with E-state index >= 15 is 0 Å². The molecule has 0 unspecified atom stereocenters. The molecule has 108 valence electrons. The van der Waals surface area contributed by atoms with Gasteiger partial charge in [-0.2, -0.15) is 0 Å². The van der Waals surface area contributed by atoms with Gasteiger partial charge in [0.2, 0.25) is 0 Å². The maximum absolute atomic E-state index is 13.2. The molecule has 0 atom stereocenters. The van der Waals surface area contributed by atoms with E-state index in [1.807, 2.05) is 23.7 Å². The predicted octanol–water partition coefficient (Wildman–Crippen LogP) is 3.65. The summed E-state index contributed by atoms with van der Waals surface area (Å²) in [5.74, 6) is 1.12. The number of rotatable bonds is 4. The zero-order chi connectivity index (χ0) is 14.8. The van der Waals surface area contributed by atoms with E-state index in [1.165, 1.54) is 12.1 Å². The molecule has 21 heavy (non-hydrogen) atoms. The van der Waals surface area contributed by atoms with Crippen molar-refractivity contribution in [1.29, 1.82) is 0 Å². The number of aromatic nitrogens is 3. The number of nitrogens with one attached hydrogen (secondary N) is 2. The summed E-state index contributed by atoms with van der Waals surface area (Å²) >= 11 is 2.09. The Hall–Kier alpha value is -1.90. The average Bonchev–Trinajstić information content (AvgIpc) is 2.91. The first-order valence-electron chi connectivity index (χ1n) is 6.47. The van der Waals surface area contributed by atoms with E-state index in [0.717, 1.165) is 27.3 Å². The van der Waals surface area contributed by atoms with Crippen molar-refractivity contribution in [3.63, 3.8) is 0 Å². The van der Waals surface area contributed by atoms with E-state index < -0.39 is 0 Å². The fourth-order valence-corrected chi connectivity index (χ4v) is 2.61. The van der Waals surface area contributed by atoms with Crippen LogP contribution in [0.2, 0.25) is 0 Å². The highest BCUT2D eigenvalue weighted by Gasteiger charge is 2.09. The summed E-state index contributed by atoms with van der Waals surface area (Å²) in [5, 5.41) is 6.40. The van der Waals surface area contributed by atoms with Crippen LogP contribution in [-0.2, 0) is 0 Å². The van der Waals surface area contributed by atoms with E-state index in [4.69, 9.17) is 0 Å². The Bertz CT molecular complexity index is 786. The molecule has 5 nitrogen and oxygen atoms in total. The van der Waals surface area contributed by atoms with E-state index in [1.54, 1.807) is 12.3 Å². The first-order valence-corrected chi connectivity index (χ1v) is 7.55. The second-order valence-corrected chi connectivity index (χ2v) is 5.57. The first kappa shape index (κ1) is 14.1. The Morgan fingerprint density at radius 2 is 2.24 bits per heavy atom. The molecule has 0 aliphatic heterocycles. The van der Waals surface area contributed by atoms with E-state index in [-0.39, 0.29) is 5.82 Å². The van der Waals surface area contributed by atoms with Crippen LogP contribution < -0.4 is 10.6 Å². The lowest BCUT2D eigenvalue weighted by molar-refractivity contribution is 0.627.